The first kappa shape index (κ1) is 19.9. The summed E-state index contributed by atoms with van der Waals surface area (Å²) in [5.41, 5.74) is 0.850. The molecule has 1 aliphatic heterocycles. The minimum atomic E-state index is -0.432. The topological polar surface area (TPSA) is 79.7 Å². The van der Waals surface area contributed by atoms with Gasteiger partial charge < -0.3 is 19.5 Å². The van der Waals surface area contributed by atoms with Gasteiger partial charge in [0.15, 0.2) is 0 Å². The first-order valence-electron chi connectivity index (χ1n) is 9.66. The van der Waals surface area contributed by atoms with Gasteiger partial charge in [-0.2, -0.15) is 0 Å². The SMILES string of the molecule is CCOC(=O)c1ccccc1NC(=O)CN1CCN(c2nccn2CC)CC1. The highest BCUT2D eigenvalue weighted by atomic mass is 16.5. The molecule has 8 heteroatoms. The summed E-state index contributed by atoms with van der Waals surface area (Å²) in [5.74, 6) is 0.411. The highest BCUT2D eigenvalue weighted by molar-refractivity contribution is 6.01. The third-order valence-corrected chi connectivity index (χ3v) is 4.75. The lowest BCUT2D eigenvalue weighted by Gasteiger charge is -2.35. The highest BCUT2D eigenvalue weighted by Crippen LogP contribution is 2.17. The van der Waals surface area contributed by atoms with E-state index in [2.05, 4.69) is 31.6 Å². The predicted molar refractivity (Wildman–Crippen MR) is 108 cm³/mol. The second-order valence-electron chi connectivity index (χ2n) is 6.59. The number of hydrogen-bond acceptors (Lipinski definition) is 6. The van der Waals surface area contributed by atoms with Crippen molar-refractivity contribution in [1.82, 2.24) is 14.5 Å². The molecule has 1 N–H and O–H groups in total. The number of anilines is 2. The Kier molecular flexibility index (Phi) is 6.65. The summed E-state index contributed by atoms with van der Waals surface area (Å²) in [4.78, 5) is 33.3. The quantitative estimate of drug-likeness (QED) is 0.733. The summed E-state index contributed by atoms with van der Waals surface area (Å²) in [6.45, 7) is 8.53. The summed E-state index contributed by atoms with van der Waals surface area (Å²) in [7, 11) is 0. The summed E-state index contributed by atoms with van der Waals surface area (Å²) in [6, 6.07) is 6.91. The minimum absolute atomic E-state index is 0.139. The second-order valence-corrected chi connectivity index (χ2v) is 6.59. The van der Waals surface area contributed by atoms with Crippen LogP contribution in [0.5, 0.6) is 0 Å². The van der Waals surface area contributed by atoms with Crippen LogP contribution in [0.3, 0.4) is 0 Å². The lowest BCUT2D eigenvalue weighted by molar-refractivity contribution is -0.117. The maximum Gasteiger partial charge on any atom is 0.340 e. The summed E-state index contributed by atoms with van der Waals surface area (Å²) < 4.78 is 7.17. The third kappa shape index (κ3) is 4.69. The molecule has 0 atom stereocenters. The summed E-state index contributed by atoms with van der Waals surface area (Å²) in [6.07, 6.45) is 3.80. The molecule has 1 amide bonds. The number of esters is 1. The maximum atomic E-state index is 12.5. The molecule has 0 radical (unpaired) electrons. The first-order chi connectivity index (χ1) is 13.6. The van der Waals surface area contributed by atoms with Gasteiger partial charge in [0.2, 0.25) is 11.9 Å². The molecule has 0 unspecified atom stereocenters. The Balaban J connectivity index is 1.54. The van der Waals surface area contributed by atoms with E-state index < -0.39 is 5.97 Å². The minimum Gasteiger partial charge on any atom is -0.462 e. The molecule has 150 valence electrons. The molecule has 8 nitrogen and oxygen atoms in total. The average Bonchev–Trinajstić information content (AvgIpc) is 3.18. The number of ether oxygens (including phenoxy) is 1. The van der Waals surface area contributed by atoms with Crippen LogP contribution in [0.15, 0.2) is 36.7 Å². The summed E-state index contributed by atoms with van der Waals surface area (Å²) in [5, 5.41) is 2.84. The van der Waals surface area contributed by atoms with Crippen molar-refractivity contribution in [3.8, 4) is 0 Å². The van der Waals surface area contributed by atoms with Crippen LogP contribution in [0, 0.1) is 0 Å². The van der Waals surface area contributed by atoms with Crippen LogP contribution in [-0.4, -0.2) is 65.7 Å². The standard InChI is InChI=1S/C20H27N5O3/c1-3-24-10-9-21-20(24)25-13-11-23(12-14-25)15-18(26)22-17-8-6-5-7-16(17)19(27)28-4-2/h5-10H,3-4,11-15H2,1-2H3,(H,22,26). The van der Waals surface area contributed by atoms with Crippen molar-refractivity contribution in [2.24, 2.45) is 0 Å². The van der Waals surface area contributed by atoms with Gasteiger partial charge >= 0.3 is 5.97 Å². The van der Waals surface area contributed by atoms with E-state index in [9.17, 15) is 9.59 Å². The molecular formula is C20H27N5O3. The van der Waals surface area contributed by atoms with Crippen LogP contribution >= 0.6 is 0 Å². The Morgan fingerprint density at radius 3 is 2.61 bits per heavy atom. The number of imidazole rings is 1. The number of hydrogen-bond donors (Lipinski definition) is 1. The molecule has 0 bridgehead atoms. The Hall–Kier alpha value is -2.87. The zero-order chi connectivity index (χ0) is 19.9. The van der Waals surface area contributed by atoms with E-state index in [1.807, 2.05) is 12.4 Å². The van der Waals surface area contributed by atoms with Gasteiger partial charge in [0.25, 0.3) is 0 Å². The second kappa shape index (κ2) is 9.36. The molecule has 0 spiro atoms. The number of carbonyl (C=O) groups is 2. The molecule has 3 rings (SSSR count). The Morgan fingerprint density at radius 1 is 1.14 bits per heavy atom. The van der Waals surface area contributed by atoms with Crippen molar-refractivity contribution < 1.29 is 14.3 Å². The third-order valence-electron chi connectivity index (χ3n) is 4.75. The molecule has 0 aliphatic carbocycles. The van der Waals surface area contributed by atoms with E-state index in [1.165, 1.54) is 0 Å². The van der Waals surface area contributed by atoms with Crippen molar-refractivity contribution >= 4 is 23.5 Å². The summed E-state index contributed by atoms with van der Waals surface area (Å²) >= 11 is 0. The maximum absolute atomic E-state index is 12.5. The van der Waals surface area contributed by atoms with Gasteiger partial charge in [0, 0.05) is 45.1 Å². The number of amides is 1. The van der Waals surface area contributed by atoms with Gasteiger partial charge in [-0.1, -0.05) is 12.1 Å². The van der Waals surface area contributed by atoms with Gasteiger partial charge in [-0.15, -0.1) is 0 Å². The van der Waals surface area contributed by atoms with E-state index in [0.29, 0.717) is 17.9 Å². The average molecular weight is 385 g/mol. The fourth-order valence-electron chi connectivity index (χ4n) is 3.31. The van der Waals surface area contributed by atoms with Crippen molar-refractivity contribution in [2.45, 2.75) is 20.4 Å². The molecular weight excluding hydrogens is 358 g/mol. The highest BCUT2D eigenvalue weighted by Gasteiger charge is 2.22. The number of rotatable bonds is 7. The molecule has 1 saturated heterocycles. The van der Waals surface area contributed by atoms with Crippen LogP contribution in [0.25, 0.3) is 0 Å². The zero-order valence-electron chi connectivity index (χ0n) is 16.4. The molecule has 2 heterocycles. The molecule has 0 saturated carbocycles. The monoisotopic (exact) mass is 385 g/mol. The smallest absolute Gasteiger partial charge is 0.340 e. The van der Waals surface area contributed by atoms with Crippen molar-refractivity contribution in [2.75, 3.05) is 49.5 Å². The van der Waals surface area contributed by atoms with Crippen LogP contribution < -0.4 is 10.2 Å². The number of carbonyl (C=O) groups excluding carboxylic acids is 2. The largest absolute Gasteiger partial charge is 0.462 e. The van der Waals surface area contributed by atoms with E-state index in [1.54, 1.807) is 31.2 Å². The fraction of sp³-hybridized carbons (Fsp3) is 0.450. The van der Waals surface area contributed by atoms with Crippen LogP contribution in [0.2, 0.25) is 0 Å². The van der Waals surface area contributed by atoms with E-state index in [0.717, 1.165) is 38.7 Å². The molecule has 1 fully saturated rings. The Bertz CT molecular complexity index is 812. The fourth-order valence-corrected chi connectivity index (χ4v) is 3.31. The molecule has 1 aromatic carbocycles. The Morgan fingerprint density at radius 2 is 1.89 bits per heavy atom. The molecule has 1 aliphatic rings. The van der Waals surface area contributed by atoms with Gasteiger partial charge in [0.1, 0.15) is 0 Å². The Labute approximate surface area is 165 Å². The van der Waals surface area contributed by atoms with E-state index in [4.69, 9.17) is 4.74 Å². The predicted octanol–water partition coefficient (Wildman–Crippen LogP) is 1.84. The van der Waals surface area contributed by atoms with Gasteiger partial charge in [0.05, 0.1) is 24.4 Å². The lowest BCUT2D eigenvalue weighted by atomic mass is 10.2. The van der Waals surface area contributed by atoms with Crippen LogP contribution in [0.1, 0.15) is 24.2 Å². The van der Waals surface area contributed by atoms with Gasteiger partial charge in [-0.3, -0.25) is 9.69 Å². The van der Waals surface area contributed by atoms with Crippen molar-refractivity contribution in [3.05, 3.63) is 42.2 Å². The van der Waals surface area contributed by atoms with Crippen molar-refractivity contribution in [1.29, 1.82) is 0 Å². The number of benzene rings is 1. The number of para-hydroxylation sites is 1. The number of piperazine rings is 1. The molecule has 2 aromatic rings. The van der Waals surface area contributed by atoms with Gasteiger partial charge in [-0.05, 0) is 26.0 Å². The number of nitrogens with one attached hydrogen (secondary N) is 1. The van der Waals surface area contributed by atoms with Gasteiger partial charge in [-0.25, -0.2) is 9.78 Å². The number of aryl methyl sites for hydroxylation is 1. The lowest BCUT2D eigenvalue weighted by Crippen LogP contribution is -2.49. The van der Waals surface area contributed by atoms with E-state index >= 15 is 0 Å². The number of aromatic nitrogens is 2. The van der Waals surface area contributed by atoms with E-state index in [-0.39, 0.29) is 12.5 Å². The van der Waals surface area contributed by atoms with Crippen molar-refractivity contribution in [3.63, 3.8) is 0 Å². The molecule has 28 heavy (non-hydrogen) atoms. The normalized spacial score (nSPS) is 14.7. The first-order valence-corrected chi connectivity index (χ1v) is 9.66. The number of nitrogens with zero attached hydrogens (tertiary/aromatic N) is 4. The molecule has 1 aromatic heterocycles. The van der Waals surface area contributed by atoms with Crippen LogP contribution in [0.4, 0.5) is 11.6 Å². The van der Waals surface area contributed by atoms with Crippen LogP contribution in [-0.2, 0) is 16.1 Å². The zero-order valence-corrected chi connectivity index (χ0v) is 16.4.